The van der Waals surface area contributed by atoms with Gasteiger partial charge in [0.05, 0.1) is 18.1 Å². The lowest BCUT2D eigenvalue weighted by molar-refractivity contribution is -0.124. The van der Waals surface area contributed by atoms with E-state index in [1.165, 1.54) is 7.11 Å². The van der Waals surface area contributed by atoms with Crippen molar-refractivity contribution >= 4 is 11.6 Å². The van der Waals surface area contributed by atoms with Crippen LogP contribution in [0.4, 0.5) is 5.69 Å². The highest BCUT2D eigenvalue weighted by Gasteiger charge is 2.39. The van der Waals surface area contributed by atoms with Gasteiger partial charge in [0, 0.05) is 6.54 Å². The van der Waals surface area contributed by atoms with Crippen LogP contribution in [0.5, 0.6) is 5.75 Å². The average molecular weight is 273 g/mol. The molecule has 5 heteroatoms. The molecule has 1 aliphatic heterocycles. The third-order valence-corrected chi connectivity index (χ3v) is 4.01. The second kappa shape index (κ2) is 5.93. The largest absolute Gasteiger partial charge is 0.495 e. The van der Waals surface area contributed by atoms with Crippen molar-refractivity contribution in [3.05, 3.63) is 23.8 Å². The number of anilines is 1. The molecule has 1 aromatic carbocycles. The van der Waals surface area contributed by atoms with Gasteiger partial charge in [0.1, 0.15) is 17.5 Å². The smallest absolute Gasteiger partial charge is 0.232 e. The molecule has 0 saturated carbocycles. The van der Waals surface area contributed by atoms with Gasteiger partial charge in [-0.25, -0.2) is 0 Å². The maximum Gasteiger partial charge on any atom is 0.232 e. The summed E-state index contributed by atoms with van der Waals surface area (Å²) in [4.78, 5) is 12.6. The number of ether oxygens (including phenoxy) is 1. The minimum Gasteiger partial charge on any atom is -0.495 e. The zero-order valence-electron chi connectivity index (χ0n) is 11.8. The van der Waals surface area contributed by atoms with Crippen molar-refractivity contribution in [3.63, 3.8) is 0 Å². The summed E-state index contributed by atoms with van der Waals surface area (Å²) in [5.74, 6) is 0.459. The van der Waals surface area contributed by atoms with Gasteiger partial charge in [0.2, 0.25) is 5.91 Å². The second-order valence-corrected chi connectivity index (χ2v) is 5.01. The third kappa shape index (κ3) is 2.47. The van der Waals surface area contributed by atoms with Gasteiger partial charge < -0.3 is 15.4 Å². The molecule has 1 atom stereocenters. The number of para-hydroxylation sites is 1. The van der Waals surface area contributed by atoms with Crippen LogP contribution >= 0.6 is 0 Å². The van der Waals surface area contributed by atoms with Crippen molar-refractivity contribution in [2.75, 3.05) is 25.5 Å². The maximum atomic E-state index is 12.6. The van der Waals surface area contributed by atoms with Gasteiger partial charge in [0.15, 0.2) is 0 Å². The van der Waals surface area contributed by atoms with Gasteiger partial charge in [0.25, 0.3) is 0 Å². The summed E-state index contributed by atoms with van der Waals surface area (Å²) in [7, 11) is 1.53. The Bertz CT molecular complexity index is 543. The normalized spacial score (nSPS) is 21.2. The summed E-state index contributed by atoms with van der Waals surface area (Å²) < 4.78 is 5.24. The van der Waals surface area contributed by atoms with Crippen LogP contribution in [0.15, 0.2) is 18.2 Å². The van der Waals surface area contributed by atoms with E-state index in [2.05, 4.69) is 16.7 Å². The van der Waals surface area contributed by atoms with Crippen molar-refractivity contribution < 1.29 is 9.53 Å². The van der Waals surface area contributed by atoms with Crippen LogP contribution in [0.25, 0.3) is 0 Å². The van der Waals surface area contributed by atoms with Gasteiger partial charge in [-0.1, -0.05) is 13.0 Å². The molecule has 106 valence electrons. The Labute approximate surface area is 118 Å². The van der Waals surface area contributed by atoms with E-state index >= 15 is 0 Å². The molecular formula is C15H19N3O2. The summed E-state index contributed by atoms with van der Waals surface area (Å²) in [6.45, 7) is 3.53. The highest BCUT2D eigenvalue weighted by Crippen LogP contribution is 2.34. The zero-order chi connectivity index (χ0) is 14.6. The number of nitriles is 1. The number of carbonyl (C=O) groups excluding carboxylic acids is 1. The van der Waals surface area contributed by atoms with Gasteiger partial charge in [-0.3, -0.25) is 4.79 Å². The van der Waals surface area contributed by atoms with Crippen LogP contribution in [0.2, 0.25) is 0 Å². The van der Waals surface area contributed by atoms with E-state index in [9.17, 15) is 4.79 Å². The SMILES string of the molecule is CCC1(C(=O)Nc2c(C#N)cccc2OC)CCNC1. The minimum atomic E-state index is -0.395. The van der Waals surface area contributed by atoms with Gasteiger partial charge in [-0.15, -0.1) is 0 Å². The van der Waals surface area contributed by atoms with E-state index in [0.29, 0.717) is 23.5 Å². The Hall–Kier alpha value is -2.06. The molecule has 0 radical (unpaired) electrons. The standard InChI is InChI=1S/C15H19N3O2/c1-3-15(7-8-17-10-15)14(19)18-13-11(9-16)5-4-6-12(13)20-2/h4-6,17H,3,7-8,10H2,1-2H3,(H,18,19). The van der Waals surface area contributed by atoms with Crippen LogP contribution in [0.3, 0.4) is 0 Å². The first-order chi connectivity index (χ1) is 9.66. The van der Waals surface area contributed by atoms with Gasteiger partial charge in [-0.2, -0.15) is 5.26 Å². The number of carbonyl (C=O) groups is 1. The minimum absolute atomic E-state index is 0.0500. The fourth-order valence-electron chi connectivity index (χ4n) is 2.57. The highest BCUT2D eigenvalue weighted by molar-refractivity contribution is 5.98. The quantitative estimate of drug-likeness (QED) is 0.878. The molecule has 0 spiro atoms. The van der Waals surface area contributed by atoms with E-state index in [4.69, 9.17) is 10.00 Å². The fraction of sp³-hybridized carbons (Fsp3) is 0.467. The molecule has 1 saturated heterocycles. The Morgan fingerprint density at radius 2 is 2.40 bits per heavy atom. The average Bonchev–Trinajstić information content (AvgIpc) is 2.97. The Morgan fingerprint density at radius 1 is 1.60 bits per heavy atom. The molecule has 1 fully saturated rings. The first-order valence-corrected chi connectivity index (χ1v) is 6.76. The molecule has 2 N–H and O–H groups in total. The Kier molecular flexibility index (Phi) is 4.26. The number of hydrogen-bond donors (Lipinski definition) is 2. The number of amides is 1. The monoisotopic (exact) mass is 273 g/mol. The summed E-state index contributed by atoms with van der Waals surface area (Å²) in [5, 5.41) is 15.3. The van der Waals surface area contributed by atoms with Crippen LogP contribution in [-0.2, 0) is 4.79 Å². The number of benzene rings is 1. The van der Waals surface area contributed by atoms with E-state index in [1.807, 2.05) is 6.92 Å². The first kappa shape index (κ1) is 14.4. The van der Waals surface area contributed by atoms with Gasteiger partial charge in [-0.05, 0) is 31.5 Å². The second-order valence-electron chi connectivity index (χ2n) is 5.01. The van der Waals surface area contributed by atoms with Crippen LogP contribution in [0, 0.1) is 16.7 Å². The molecule has 0 aliphatic carbocycles. The first-order valence-electron chi connectivity index (χ1n) is 6.76. The molecule has 1 aromatic rings. The summed E-state index contributed by atoms with van der Waals surface area (Å²) >= 11 is 0. The lowest BCUT2D eigenvalue weighted by Gasteiger charge is -2.26. The molecule has 0 aromatic heterocycles. The number of nitrogens with one attached hydrogen (secondary N) is 2. The lowest BCUT2D eigenvalue weighted by atomic mass is 9.83. The molecule has 20 heavy (non-hydrogen) atoms. The van der Waals surface area contributed by atoms with Crippen LogP contribution in [-0.4, -0.2) is 26.1 Å². The lowest BCUT2D eigenvalue weighted by Crippen LogP contribution is -2.37. The van der Waals surface area contributed by atoms with E-state index in [-0.39, 0.29) is 5.91 Å². The summed E-state index contributed by atoms with van der Waals surface area (Å²) in [5.41, 5.74) is 0.477. The number of methoxy groups -OCH3 is 1. The van der Waals surface area contributed by atoms with Crippen molar-refractivity contribution in [2.45, 2.75) is 19.8 Å². The van der Waals surface area contributed by atoms with Crippen LogP contribution < -0.4 is 15.4 Å². The van der Waals surface area contributed by atoms with Crippen LogP contribution in [0.1, 0.15) is 25.3 Å². The molecule has 1 amide bonds. The Morgan fingerprint density at radius 3 is 2.95 bits per heavy atom. The molecule has 1 aliphatic rings. The van der Waals surface area contributed by atoms with E-state index < -0.39 is 5.41 Å². The highest BCUT2D eigenvalue weighted by atomic mass is 16.5. The molecule has 0 bridgehead atoms. The van der Waals surface area contributed by atoms with E-state index in [0.717, 1.165) is 19.4 Å². The number of rotatable bonds is 4. The molecule has 1 unspecified atom stereocenters. The van der Waals surface area contributed by atoms with Gasteiger partial charge >= 0.3 is 0 Å². The summed E-state index contributed by atoms with van der Waals surface area (Å²) in [6.07, 6.45) is 1.58. The maximum absolute atomic E-state index is 12.6. The summed E-state index contributed by atoms with van der Waals surface area (Å²) in [6, 6.07) is 7.23. The van der Waals surface area contributed by atoms with Crippen molar-refractivity contribution in [2.24, 2.45) is 5.41 Å². The number of nitrogens with zero attached hydrogens (tertiary/aromatic N) is 1. The predicted octanol–water partition coefficient (Wildman–Crippen LogP) is 1.90. The topological polar surface area (TPSA) is 74.2 Å². The third-order valence-electron chi connectivity index (χ3n) is 4.01. The van der Waals surface area contributed by atoms with Crippen molar-refractivity contribution in [1.29, 1.82) is 5.26 Å². The molecular weight excluding hydrogens is 254 g/mol. The molecule has 5 nitrogen and oxygen atoms in total. The number of hydrogen-bond acceptors (Lipinski definition) is 4. The van der Waals surface area contributed by atoms with E-state index in [1.54, 1.807) is 18.2 Å². The molecule has 2 rings (SSSR count). The fourth-order valence-corrected chi connectivity index (χ4v) is 2.57. The van der Waals surface area contributed by atoms with Crippen molar-refractivity contribution in [3.8, 4) is 11.8 Å². The van der Waals surface area contributed by atoms with Crippen molar-refractivity contribution in [1.82, 2.24) is 5.32 Å². The predicted molar refractivity (Wildman–Crippen MR) is 76.5 cm³/mol. The Balaban J connectivity index is 2.30. The zero-order valence-corrected chi connectivity index (χ0v) is 11.8. The molecule has 1 heterocycles.